The van der Waals surface area contributed by atoms with Crippen LogP contribution in [0.25, 0.3) is 0 Å². The van der Waals surface area contributed by atoms with E-state index in [0.29, 0.717) is 13.0 Å². The number of carbonyl (C=O) groups is 3. The normalized spacial score (nSPS) is 20.3. The fraction of sp³-hybridized carbons (Fsp3) is 0.786. The molecule has 0 spiro atoms. The molecular formula is C14H23NO5. The van der Waals surface area contributed by atoms with Gasteiger partial charge in [-0.3, -0.25) is 9.59 Å². The maximum Gasteiger partial charge on any atom is 0.410 e. The number of carbonyl (C=O) groups excluding carboxylic acids is 3. The Hall–Kier alpha value is -1.59. The van der Waals surface area contributed by atoms with Gasteiger partial charge in [0.1, 0.15) is 17.3 Å². The van der Waals surface area contributed by atoms with Crippen molar-refractivity contribution in [3.05, 3.63) is 0 Å². The minimum atomic E-state index is -0.898. The Kier molecular flexibility index (Phi) is 5.53. The van der Waals surface area contributed by atoms with E-state index in [-0.39, 0.29) is 25.4 Å². The molecule has 6 heteroatoms. The maximum absolute atomic E-state index is 12.0. The van der Waals surface area contributed by atoms with Crippen LogP contribution in [0.3, 0.4) is 0 Å². The average molecular weight is 285 g/mol. The molecule has 1 aliphatic rings. The molecule has 6 nitrogen and oxygen atoms in total. The van der Waals surface area contributed by atoms with Crippen LogP contribution in [-0.2, 0) is 19.1 Å². The molecule has 1 rings (SSSR count). The number of amides is 1. The van der Waals surface area contributed by atoms with Gasteiger partial charge in [0.25, 0.3) is 0 Å². The van der Waals surface area contributed by atoms with Crippen LogP contribution in [0, 0.1) is 5.92 Å². The summed E-state index contributed by atoms with van der Waals surface area (Å²) in [5, 5.41) is 0. The number of rotatable bonds is 2. The molecule has 1 saturated heterocycles. The van der Waals surface area contributed by atoms with Gasteiger partial charge in [0.2, 0.25) is 0 Å². The number of ether oxygens (including phenoxy) is 2. The predicted octanol–water partition coefficient (Wildman–Crippen LogP) is 1.77. The van der Waals surface area contributed by atoms with Gasteiger partial charge < -0.3 is 14.4 Å². The van der Waals surface area contributed by atoms with Crippen molar-refractivity contribution in [1.82, 2.24) is 4.90 Å². The van der Waals surface area contributed by atoms with E-state index in [4.69, 9.17) is 9.47 Å². The van der Waals surface area contributed by atoms with Crippen LogP contribution < -0.4 is 0 Å². The van der Waals surface area contributed by atoms with E-state index in [1.807, 2.05) is 0 Å². The summed E-state index contributed by atoms with van der Waals surface area (Å²) in [6.45, 7) is 7.67. The molecule has 0 aliphatic carbocycles. The van der Waals surface area contributed by atoms with Gasteiger partial charge in [-0.05, 0) is 34.1 Å². The number of esters is 1. The van der Waals surface area contributed by atoms with Crippen molar-refractivity contribution in [3.8, 4) is 0 Å². The van der Waals surface area contributed by atoms with Crippen molar-refractivity contribution >= 4 is 17.8 Å². The van der Waals surface area contributed by atoms with Crippen molar-refractivity contribution in [1.29, 1.82) is 0 Å². The summed E-state index contributed by atoms with van der Waals surface area (Å²) >= 11 is 0. The number of Topliss-reactive ketones (excluding diaryl/α,β-unsaturated/α-hetero) is 1. The monoisotopic (exact) mass is 285 g/mol. The number of hydrogen-bond acceptors (Lipinski definition) is 5. The highest BCUT2D eigenvalue weighted by Crippen LogP contribution is 2.18. The highest BCUT2D eigenvalue weighted by molar-refractivity contribution is 5.99. The van der Waals surface area contributed by atoms with Crippen LogP contribution >= 0.6 is 0 Å². The lowest BCUT2D eigenvalue weighted by Gasteiger charge is -2.27. The second-order valence-electron chi connectivity index (χ2n) is 5.80. The zero-order valence-electron chi connectivity index (χ0n) is 12.6. The third-order valence-corrected chi connectivity index (χ3v) is 2.87. The van der Waals surface area contributed by atoms with Crippen LogP contribution in [-0.4, -0.2) is 48.0 Å². The van der Waals surface area contributed by atoms with E-state index in [0.717, 1.165) is 0 Å². The first-order valence-electron chi connectivity index (χ1n) is 6.92. The lowest BCUT2D eigenvalue weighted by molar-refractivity contribution is -0.151. The lowest BCUT2D eigenvalue weighted by atomic mass is 10.0. The Morgan fingerprint density at radius 1 is 1.35 bits per heavy atom. The summed E-state index contributed by atoms with van der Waals surface area (Å²) < 4.78 is 10.2. The van der Waals surface area contributed by atoms with E-state index in [1.54, 1.807) is 27.7 Å². The van der Waals surface area contributed by atoms with Crippen LogP contribution in [0.15, 0.2) is 0 Å². The Bertz CT molecular complexity index is 386. The second-order valence-corrected chi connectivity index (χ2v) is 5.80. The molecule has 1 amide bonds. The minimum Gasteiger partial charge on any atom is -0.465 e. The number of hydrogen-bond donors (Lipinski definition) is 0. The van der Waals surface area contributed by atoms with E-state index < -0.39 is 23.6 Å². The molecule has 0 unspecified atom stereocenters. The highest BCUT2D eigenvalue weighted by atomic mass is 16.6. The van der Waals surface area contributed by atoms with Gasteiger partial charge >= 0.3 is 12.1 Å². The van der Waals surface area contributed by atoms with Crippen molar-refractivity contribution in [2.75, 3.05) is 19.7 Å². The Balaban J connectivity index is 2.76. The quantitative estimate of drug-likeness (QED) is 0.571. The van der Waals surface area contributed by atoms with Crippen LogP contribution in [0.1, 0.15) is 40.5 Å². The van der Waals surface area contributed by atoms with Gasteiger partial charge in [-0.2, -0.15) is 0 Å². The molecule has 1 aliphatic heterocycles. The fourth-order valence-corrected chi connectivity index (χ4v) is 1.97. The van der Waals surface area contributed by atoms with Crippen molar-refractivity contribution in [2.45, 2.75) is 46.1 Å². The van der Waals surface area contributed by atoms with Gasteiger partial charge in [-0.15, -0.1) is 0 Å². The molecule has 1 heterocycles. The van der Waals surface area contributed by atoms with Gasteiger partial charge in [0, 0.05) is 19.5 Å². The molecule has 1 fully saturated rings. The van der Waals surface area contributed by atoms with Gasteiger partial charge in [0.15, 0.2) is 0 Å². The maximum atomic E-state index is 12.0. The SMILES string of the molecule is CCOC(=O)[C@@H]1CN(C(=O)OC(C)(C)C)CCCC1=O. The van der Waals surface area contributed by atoms with Crippen LogP contribution in [0.2, 0.25) is 0 Å². The number of ketones is 1. The van der Waals surface area contributed by atoms with Gasteiger partial charge in [0.05, 0.1) is 6.61 Å². The van der Waals surface area contributed by atoms with Gasteiger partial charge in [-0.25, -0.2) is 4.79 Å². The third-order valence-electron chi connectivity index (χ3n) is 2.87. The summed E-state index contributed by atoms with van der Waals surface area (Å²) in [4.78, 5) is 37.2. The molecule has 0 bridgehead atoms. The molecule has 0 aromatic rings. The summed E-state index contributed by atoms with van der Waals surface area (Å²) in [6.07, 6.45) is 0.318. The van der Waals surface area contributed by atoms with E-state index in [9.17, 15) is 14.4 Å². The molecule has 0 aromatic heterocycles. The standard InChI is InChI=1S/C14H23NO5/c1-5-19-12(17)10-9-15(8-6-7-11(10)16)13(18)20-14(2,3)4/h10H,5-9H2,1-4H3/t10-/m1/s1. The van der Waals surface area contributed by atoms with E-state index in [2.05, 4.69) is 0 Å². The number of nitrogens with zero attached hydrogens (tertiary/aromatic N) is 1. The molecule has 0 aromatic carbocycles. The Labute approximate surface area is 119 Å². The second kappa shape index (κ2) is 6.72. The molecule has 1 atom stereocenters. The minimum absolute atomic E-state index is 0.0343. The van der Waals surface area contributed by atoms with Gasteiger partial charge in [-0.1, -0.05) is 0 Å². The van der Waals surface area contributed by atoms with E-state index >= 15 is 0 Å². The van der Waals surface area contributed by atoms with Crippen LogP contribution in [0.4, 0.5) is 4.79 Å². The zero-order chi connectivity index (χ0) is 15.3. The first kappa shape index (κ1) is 16.5. The molecule has 114 valence electrons. The van der Waals surface area contributed by atoms with Crippen LogP contribution in [0.5, 0.6) is 0 Å². The summed E-state index contributed by atoms with van der Waals surface area (Å²) in [5.74, 6) is -1.63. The zero-order valence-corrected chi connectivity index (χ0v) is 12.6. The first-order chi connectivity index (χ1) is 9.24. The molecule has 20 heavy (non-hydrogen) atoms. The molecular weight excluding hydrogens is 262 g/mol. The molecule has 0 saturated carbocycles. The number of likely N-dealkylation sites (tertiary alicyclic amines) is 1. The van der Waals surface area contributed by atoms with Crippen molar-refractivity contribution < 1.29 is 23.9 Å². The average Bonchev–Trinajstić information content (AvgIpc) is 2.49. The molecule has 0 N–H and O–H groups in total. The van der Waals surface area contributed by atoms with Crippen molar-refractivity contribution in [2.24, 2.45) is 5.92 Å². The smallest absolute Gasteiger partial charge is 0.410 e. The predicted molar refractivity (Wildman–Crippen MR) is 72.2 cm³/mol. The van der Waals surface area contributed by atoms with Crippen molar-refractivity contribution in [3.63, 3.8) is 0 Å². The molecule has 0 radical (unpaired) electrons. The fourth-order valence-electron chi connectivity index (χ4n) is 1.97. The largest absolute Gasteiger partial charge is 0.465 e. The third kappa shape index (κ3) is 4.83. The summed E-state index contributed by atoms with van der Waals surface area (Å²) in [7, 11) is 0. The summed E-state index contributed by atoms with van der Waals surface area (Å²) in [6, 6.07) is 0. The summed E-state index contributed by atoms with van der Waals surface area (Å²) in [5.41, 5.74) is -0.604. The lowest BCUT2D eigenvalue weighted by Crippen LogP contribution is -2.42. The Morgan fingerprint density at radius 2 is 2.00 bits per heavy atom. The first-order valence-corrected chi connectivity index (χ1v) is 6.92. The highest BCUT2D eigenvalue weighted by Gasteiger charge is 2.35. The topological polar surface area (TPSA) is 72.9 Å². The van der Waals surface area contributed by atoms with E-state index in [1.165, 1.54) is 4.90 Å². The Morgan fingerprint density at radius 3 is 2.55 bits per heavy atom.